The van der Waals surface area contributed by atoms with Crippen molar-refractivity contribution in [2.75, 3.05) is 0 Å². The lowest BCUT2D eigenvalue weighted by molar-refractivity contribution is -0.185. The highest BCUT2D eigenvalue weighted by Crippen LogP contribution is 2.42. The van der Waals surface area contributed by atoms with E-state index >= 15 is 0 Å². The van der Waals surface area contributed by atoms with Gasteiger partial charge in [-0.15, -0.1) is 6.42 Å². The first-order valence-corrected chi connectivity index (χ1v) is 8.93. The van der Waals surface area contributed by atoms with Crippen LogP contribution in [0.3, 0.4) is 0 Å². The van der Waals surface area contributed by atoms with Crippen LogP contribution >= 0.6 is 11.6 Å². The van der Waals surface area contributed by atoms with E-state index in [-0.39, 0.29) is 10.6 Å². The molecule has 0 aliphatic carbocycles. The third kappa shape index (κ3) is 6.03. The van der Waals surface area contributed by atoms with Crippen LogP contribution in [0.5, 0.6) is 11.5 Å². The van der Waals surface area contributed by atoms with Crippen molar-refractivity contribution in [2.24, 2.45) is 11.8 Å². The first-order valence-electron chi connectivity index (χ1n) is 8.56. The normalized spacial score (nSPS) is 15.1. The molecule has 2 aromatic carbocycles. The fraction of sp³-hybridized carbons (Fsp3) is 0.227. The molecular weight excluding hydrogens is 405 g/mol. The average Bonchev–Trinajstić information content (AvgIpc) is 2.64. The third-order valence-electron chi connectivity index (χ3n) is 4.19. The number of para-hydroxylation sites is 1. The molecule has 3 nitrogen and oxygen atoms in total. The van der Waals surface area contributed by atoms with Crippen LogP contribution in [0.25, 0.3) is 0 Å². The van der Waals surface area contributed by atoms with Crippen LogP contribution in [0.1, 0.15) is 18.4 Å². The number of alkyl halides is 3. The Hall–Kier alpha value is -2.91. The predicted octanol–water partition coefficient (Wildman–Crippen LogP) is 6.22. The van der Waals surface area contributed by atoms with Crippen LogP contribution in [-0.2, 0) is 4.79 Å². The second-order valence-electron chi connectivity index (χ2n) is 6.32. The fourth-order valence-corrected chi connectivity index (χ4v) is 3.09. The zero-order valence-corrected chi connectivity index (χ0v) is 16.1. The van der Waals surface area contributed by atoms with E-state index < -0.39 is 29.9 Å². The molecule has 7 heteroatoms. The number of rotatable bonds is 7. The molecule has 2 rings (SSSR count). The summed E-state index contributed by atoms with van der Waals surface area (Å²) in [4.78, 5) is 11.8. The van der Waals surface area contributed by atoms with Gasteiger partial charge in [-0.1, -0.05) is 53.9 Å². The van der Waals surface area contributed by atoms with Crippen molar-refractivity contribution in [1.82, 2.24) is 0 Å². The molecule has 0 saturated heterocycles. The largest absolute Gasteiger partial charge is 0.481 e. The Kier molecular flexibility index (Phi) is 7.35. The number of terminal acetylenes is 1. The lowest BCUT2D eigenvalue weighted by Gasteiger charge is -2.28. The Morgan fingerprint density at radius 3 is 2.31 bits per heavy atom. The summed E-state index contributed by atoms with van der Waals surface area (Å²) in [5.41, 5.74) is 0.225. The first-order chi connectivity index (χ1) is 13.6. The van der Waals surface area contributed by atoms with Gasteiger partial charge >= 0.3 is 12.1 Å². The van der Waals surface area contributed by atoms with Crippen LogP contribution in [0.15, 0.2) is 65.7 Å². The zero-order valence-electron chi connectivity index (χ0n) is 15.4. The quantitative estimate of drug-likeness (QED) is 0.539. The summed E-state index contributed by atoms with van der Waals surface area (Å²) in [6, 6.07) is 14.8. The lowest BCUT2D eigenvalue weighted by Crippen LogP contribution is -2.37. The number of aliphatic carboxylic acids is 1. The number of allylic oxidation sites excluding steroid dienone is 2. The molecule has 0 heterocycles. The van der Waals surface area contributed by atoms with Gasteiger partial charge in [0.05, 0.1) is 17.8 Å². The maximum absolute atomic E-state index is 13.6. The van der Waals surface area contributed by atoms with Gasteiger partial charge in [0.1, 0.15) is 11.5 Å². The van der Waals surface area contributed by atoms with Crippen molar-refractivity contribution in [3.63, 3.8) is 0 Å². The molecule has 0 radical (unpaired) electrons. The molecule has 3 unspecified atom stereocenters. The van der Waals surface area contributed by atoms with Crippen LogP contribution in [0.4, 0.5) is 13.2 Å². The maximum Gasteiger partial charge on any atom is 0.396 e. The number of hydrogen-bond donors (Lipinski definition) is 1. The van der Waals surface area contributed by atoms with Crippen LogP contribution in [-0.4, -0.2) is 17.3 Å². The molecule has 0 aliphatic rings. The average molecular weight is 423 g/mol. The first kappa shape index (κ1) is 22.4. The van der Waals surface area contributed by atoms with E-state index in [0.29, 0.717) is 17.6 Å². The molecule has 0 amide bonds. The number of carboxylic acids is 1. The molecule has 0 bridgehead atoms. The van der Waals surface area contributed by atoms with Crippen molar-refractivity contribution < 1.29 is 27.8 Å². The zero-order chi connectivity index (χ0) is 21.6. The molecule has 0 aromatic heterocycles. The minimum absolute atomic E-state index is 0.171. The Labute approximate surface area is 171 Å². The summed E-state index contributed by atoms with van der Waals surface area (Å²) in [7, 11) is 0. The highest BCUT2D eigenvalue weighted by Gasteiger charge is 2.49. The number of hydrogen-bond acceptors (Lipinski definition) is 2. The molecule has 0 spiro atoms. The van der Waals surface area contributed by atoms with Crippen LogP contribution in [0.2, 0.25) is 0 Å². The van der Waals surface area contributed by atoms with Crippen molar-refractivity contribution >= 4 is 17.6 Å². The maximum atomic E-state index is 13.6. The lowest BCUT2D eigenvalue weighted by atomic mass is 9.77. The van der Waals surface area contributed by atoms with Gasteiger partial charge in [-0.2, -0.15) is 13.2 Å². The van der Waals surface area contributed by atoms with E-state index in [9.17, 15) is 23.1 Å². The van der Waals surface area contributed by atoms with Crippen molar-refractivity contribution in [1.29, 1.82) is 0 Å². The van der Waals surface area contributed by atoms with Gasteiger partial charge in [0, 0.05) is 5.03 Å². The fourth-order valence-electron chi connectivity index (χ4n) is 2.96. The van der Waals surface area contributed by atoms with Gasteiger partial charge in [-0.05, 0) is 36.8 Å². The summed E-state index contributed by atoms with van der Waals surface area (Å²) < 4.78 is 46.5. The smallest absolute Gasteiger partial charge is 0.396 e. The molecule has 29 heavy (non-hydrogen) atoms. The number of carbonyl (C=O) groups is 1. The Bertz CT molecular complexity index is 913. The molecule has 0 fully saturated rings. The highest BCUT2D eigenvalue weighted by molar-refractivity contribution is 6.29. The Morgan fingerprint density at radius 2 is 1.79 bits per heavy atom. The Morgan fingerprint density at radius 1 is 1.17 bits per heavy atom. The van der Waals surface area contributed by atoms with Crippen LogP contribution < -0.4 is 4.74 Å². The SMILES string of the molecule is C#CC(c1cccc(Oc2ccccc2)c1)C(C(=O)O)C(C=C(C)Cl)C(F)(F)F. The standard InChI is InChI=1S/C22H18ClF3O3/c1-3-18(20(21(27)28)19(12-14(2)23)22(24,25)26)15-8-7-11-17(13-15)29-16-9-5-4-6-10-16/h1,4-13,18-20H,2H3,(H,27,28). The summed E-state index contributed by atoms with van der Waals surface area (Å²) >= 11 is 5.63. The number of carboxylic acid groups (broad SMARTS) is 1. The van der Waals surface area contributed by atoms with Gasteiger partial charge in [0.2, 0.25) is 0 Å². The predicted molar refractivity (Wildman–Crippen MR) is 105 cm³/mol. The van der Waals surface area contributed by atoms with Crippen molar-refractivity contribution in [2.45, 2.75) is 19.0 Å². The van der Waals surface area contributed by atoms with E-state index in [4.69, 9.17) is 22.8 Å². The molecule has 152 valence electrons. The van der Waals surface area contributed by atoms with E-state index in [1.54, 1.807) is 42.5 Å². The van der Waals surface area contributed by atoms with E-state index in [0.717, 1.165) is 0 Å². The summed E-state index contributed by atoms with van der Waals surface area (Å²) in [5, 5.41) is 9.42. The van der Waals surface area contributed by atoms with Gasteiger partial charge in [0.15, 0.2) is 0 Å². The molecule has 0 saturated carbocycles. The van der Waals surface area contributed by atoms with Gasteiger partial charge in [0.25, 0.3) is 0 Å². The van der Waals surface area contributed by atoms with Gasteiger partial charge in [-0.25, -0.2) is 0 Å². The minimum Gasteiger partial charge on any atom is -0.481 e. The summed E-state index contributed by atoms with van der Waals surface area (Å²) in [6.07, 6.45) is 1.32. The summed E-state index contributed by atoms with van der Waals surface area (Å²) in [6.45, 7) is 1.25. The minimum atomic E-state index is -4.84. The molecular formula is C22H18ClF3O3. The van der Waals surface area contributed by atoms with E-state index in [1.165, 1.54) is 19.1 Å². The monoisotopic (exact) mass is 422 g/mol. The van der Waals surface area contributed by atoms with Gasteiger partial charge < -0.3 is 9.84 Å². The molecule has 3 atom stereocenters. The molecule has 0 aliphatic heterocycles. The third-order valence-corrected chi connectivity index (χ3v) is 4.32. The Balaban J connectivity index is 2.46. The second kappa shape index (κ2) is 9.53. The van der Waals surface area contributed by atoms with E-state index in [2.05, 4.69) is 5.92 Å². The van der Waals surface area contributed by atoms with Crippen molar-refractivity contribution in [3.8, 4) is 23.8 Å². The number of ether oxygens (including phenoxy) is 1. The van der Waals surface area contributed by atoms with Crippen molar-refractivity contribution in [3.05, 3.63) is 71.3 Å². The molecule has 1 N–H and O–H groups in total. The summed E-state index contributed by atoms with van der Waals surface area (Å²) in [5.74, 6) is -4.28. The topological polar surface area (TPSA) is 46.5 Å². The van der Waals surface area contributed by atoms with Gasteiger partial charge in [-0.3, -0.25) is 4.79 Å². The van der Waals surface area contributed by atoms with E-state index in [1.807, 2.05) is 0 Å². The number of halogens is 4. The second-order valence-corrected chi connectivity index (χ2v) is 6.91. The molecule has 2 aromatic rings. The highest BCUT2D eigenvalue weighted by atomic mass is 35.5. The van der Waals surface area contributed by atoms with Crippen LogP contribution in [0, 0.1) is 24.2 Å². The number of benzene rings is 2.